The quantitative estimate of drug-likeness (QED) is 0.633. The summed E-state index contributed by atoms with van der Waals surface area (Å²) in [7, 11) is 0. The first kappa shape index (κ1) is 7.89. The number of hydrogen-bond donors (Lipinski definition) is 1. The number of allylic oxidation sites excluding steroid dienone is 1. The third-order valence-electron chi connectivity index (χ3n) is 0.769. The molecule has 1 nitrogen and oxygen atoms in total. The molecule has 0 heterocycles. The summed E-state index contributed by atoms with van der Waals surface area (Å²) < 4.78 is 0. The topological polar surface area (TPSA) is 26.0 Å². The average Bonchev–Trinajstić information content (AvgIpc) is 1.83. The van der Waals surface area contributed by atoms with Crippen molar-refractivity contribution in [3.05, 3.63) is 11.1 Å². The predicted molar refractivity (Wildman–Crippen MR) is 40.7 cm³/mol. The Balaban J connectivity index is 3.12. The van der Waals surface area contributed by atoms with Crippen molar-refractivity contribution in [2.45, 2.75) is 20.3 Å². The van der Waals surface area contributed by atoms with Crippen LogP contribution >= 0.6 is 11.8 Å². The maximum absolute atomic E-state index is 5.23. The third-order valence-corrected chi connectivity index (χ3v) is 1.97. The number of thioether (sulfide) groups is 1. The Morgan fingerprint density at radius 2 is 2.38 bits per heavy atom. The van der Waals surface area contributed by atoms with Crippen LogP contribution in [0.2, 0.25) is 0 Å². The smallest absolute Gasteiger partial charge is 0.00317 e. The number of nitrogens with two attached hydrogens (primary N) is 1. The summed E-state index contributed by atoms with van der Waals surface area (Å²) >= 11 is 1.81. The highest BCUT2D eigenvalue weighted by atomic mass is 32.2. The molecule has 0 amide bonds. The van der Waals surface area contributed by atoms with E-state index in [-0.39, 0.29) is 0 Å². The van der Waals surface area contributed by atoms with Crippen molar-refractivity contribution in [3.63, 3.8) is 0 Å². The van der Waals surface area contributed by atoms with Crippen molar-refractivity contribution < 1.29 is 0 Å². The van der Waals surface area contributed by atoms with Crippen molar-refractivity contribution in [2.24, 2.45) is 5.73 Å². The minimum absolute atomic E-state index is 1.18. The molecule has 8 heavy (non-hydrogen) atoms. The van der Waals surface area contributed by atoms with Gasteiger partial charge in [-0.15, -0.1) is 11.8 Å². The van der Waals surface area contributed by atoms with Crippen molar-refractivity contribution >= 4 is 11.8 Å². The molecule has 0 aromatic heterocycles. The fourth-order valence-corrected chi connectivity index (χ4v) is 0.933. The van der Waals surface area contributed by atoms with Crippen LogP contribution in [0.25, 0.3) is 0 Å². The Hall–Kier alpha value is -0.110. The highest BCUT2D eigenvalue weighted by molar-refractivity contribution is 8.03. The standard InChI is InChI=1S/C6H13NS/c1-3-4-8-6(2)5-7/h5H,3-4,7H2,1-2H3/b6-5-. The second-order valence-electron chi connectivity index (χ2n) is 1.63. The Labute approximate surface area is 55.3 Å². The SMILES string of the molecule is CCCS/C(C)=C\N. The second-order valence-corrected chi connectivity index (χ2v) is 2.97. The van der Waals surface area contributed by atoms with E-state index in [4.69, 9.17) is 5.73 Å². The van der Waals surface area contributed by atoms with Crippen LogP contribution < -0.4 is 5.73 Å². The summed E-state index contributed by atoms with van der Waals surface area (Å²) in [6, 6.07) is 0. The highest BCUT2D eigenvalue weighted by Gasteiger charge is 1.84. The second kappa shape index (κ2) is 5.04. The van der Waals surface area contributed by atoms with Crippen molar-refractivity contribution in [1.29, 1.82) is 0 Å². The van der Waals surface area contributed by atoms with Gasteiger partial charge in [0.25, 0.3) is 0 Å². The monoisotopic (exact) mass is 131 g/mol. The molecular weight excluding hydrogens is 118 g/mol. The Kier molecular flexibility index (Phi) is 4.97. The number of hydrogen-bond acceptors (Lipinski definition) is 2. The van der Waals surface area contributed by atoms with Crippen LogP contribution in [0, 0.1) is 0 Å². The van der Waals surface area contributed by atoms with Gasteiger partial charge in [-0.05, 0) is 24.0 Å². The van der Waals surface area contributed by atoms with E-state index in [1.54, 1.807) is 6.20 Å². The summed E-state index contributed by atoms with van der Waals surface area (Å²) in [5, 5.41) is 0. The van der Waals surface area contributed by atoms with Crippen LogP contribution in [0.3, 0.4) is 0 Å². The summed E-state index contributed by atoms with van der Waals surface area (Å²) in [5.41, 5.74) is 5.23. The lowest BCUT2D eigenvalue weighted by Crippen LogP contribution is -1.81. The van der Waals surface area contributed by atoms with Crippen LogP contribution in [0.5, 0.6) is 0 Å². The molecule has 0 aliphatic rings. The fourth-order valence-electron chi connectivity index (χ4n) is 0.311. The van der Waals surface area contributed by atoms with Gasteiger partial charge in [0.2, 0.25) is 0 Å². The molecular formula is C6H13NS. The molecule has 0 aliphatic heterocycles. The minimum atomic E-state index is 1.18. The normalized spacial score (nSPS) is 12.0. The van der Waals surface area contributed by atoms with E-state index in [0.29, 0.717) is 0 Å². The van der Waals surface area contributed by atoms with Gasteiger partial charge in [-0.3, -0.25) is 0 Å². The highest BCUT2D eigenvalue weighted by Crippen LogP contribution is 2.12. The Morgan fingerprint density at radius 1 is 1.75 bits per heavy atom. The first-order chi connectivity index (χ1) is 3.81. The summed E-state index contributed by atoms with van der Waals surface area (Å²) in [4.78, 5) is 1.21. The van der Waals surface area contributed by atoms with Gasteiger partial charge < -0.3 is 5.73 Å². The van der Waals surface area contributed by atoms with Gasteiger partial charge >= 0.3 is 0 Å². The molecule has 2 heteroatoms. The molecule has 0 spiro atoms. The average molecular weight is 131 g/mol. The van der Waals surface area contributed by atoms with E-state index in [0.717, 1.165) is 0 Å². The van der Waals surface area contributed by atoms with E-state index >= 15 is 0 Å². The molecule has 0 radical (unpaired) electrons. The molecule has 48 valence electrons. The lowest BCUT2D eigenvalue weighted by Gasteiger charge is -1.94. The van der Waals surface area contributed by atoms with E-state index in [1.807, 2.05) is 18.7 Å². The Morgan fingerprint density at radius 3 is 2.75 bits per heavy atom. The molecule has 0 unspecified atom stereocenters. The predicted octanol–water partition coefficient (Wildman–Crippen LogP) is 1.95. The van der Waals surface area contributed by atoms with Gasteiger partial charge in [0.15, 0.2) is 0 Å². The molecule has 0 aromatic carbocycles. The van der Waals surface area contributed by atoms with Gasteiger partial charge in [-0.2, -0.15) is 0 Å². The molecule has 0 saturated heterocycles. The fraction of sp³-hybridized carbons (Fsp3) is 0.667. The minimum Gasteiger partial charge on any atom is -0.404 e. The van der Waals surface area contributed by atoms with Crippen molar-refractivity contribution in [3.8, 4) is 0 Å². The van der Waals surface area contributed by atoms with E-state index in [2.05, 4.69) is 6.92 Å². The molecule has 0 bridgehead atoms. The molecule has 0 aromatic rings. The molecule has 0 aliphatic carbocycles. The van der Waals surface area contributed by atoms with E-state index < -0.39 is 0 Å². The third kappa shape index (κ3) is 4.06. The van der Waals surface area contributed by atoms with Crippen LogP contribution in [0.1, 0.15) is 20.3 Å². The van der Waals surface area contributed by atoms with Crippen molar-refractivity contribution in [2.75, 3.05) is 5.75 Å². The first-order valence-electron chi connectivity index (χ1n) is 2.82. The zero-order valence-electron chi connectivity index (χ0n) is 5.48. The largest absolute Gasteiger partial charge is 0.404 e. The zero-order valence-corrected chi connectivity index (χ0v) is 6.29. The maximum Gasteiger partial charge on any atom is 0.00317 e. The molecule has 0 rings (SSSR count). The van der Waals surface area contributed by atoms with Crippen LogP contribution in [-0.2, 0) is 0 Å². The summed E-state index contributed by atoms with van der Waals surface area (Å²) in [6.45, 7) is 4.19. The van der Waals surface area contributed by atoms with Crippen LogP contribution in [0.15, 0.2) is 11.1 Å². The van der Waals surface area contributed by atoms with Gasteiger partial charge in [0.05, 0.1) is 0 Å². The zero-order chi connectivity index (χ0) is 6.41. The van der Waals surface area contributed by atoms with Gasteiger partial charge in [-0.1, -0.05) is 6.92 Å². The lowest BCUT2D eigenvalue weighted by atomic mass is 10.6. The van der Waals surface area contributed by atoms with E-state index in [1.165, 1.54) is 17.1 Å². The summed E-state index contributed by atoms with van der Waals surface area (Å²) in [5.74, 6) is 1.18. The lowest BCUT2D eigenvalue weighted by molar-refractivity contribution is 1.11. The van der Waals surface area contributed by atoms with Gasteiger partial charge in [0, 0.05) is 6.20 Å². The van der Waals surface area contributed by atoms with Crippen LogP contribution in [0.4, 0.5) is 0 Å². The van der Waals surface area contributed by atoms with Crippen LogP contribution in [-0.4, -0.2) is 5.75 Å². The maximum atomic E-state index is 5.23. The van der Waals surface area contributed by atoms with Gasteiger partial charge in [-0.25, -0.2) is 0 Å². The molecule has 0 fully saturated rings. The molecule has 0 atom stereocenters. The first-order valence-corrected chi connectivity index (χ1v) is 3.81. The van der Waals surface area contributed by atoms with E-state index in [9.17, 15) is 0 Å². The molecule has 2 N–H and O–H groups in total. The summed E-state index contributed by atoms with van der Waals surface area (Å²) in [6.07, 6.45) is 2.87. The van der Waals surface area contributed by atoms with Gasteiger partial charge in [0.1, 0.15) is 0 Å². The molecule has 0 saturated carbocycles. The van der Waals surface area contributed by atoms with Crippen molar-refractivity contribution in [1.82, 2.24) is 0 Å². The Bertz CT molecular complexity index is 78.6. The number of rotatable bonds is 3.